The number of fused-ring (bicyclic) bond motifs is 1. The number of ether oxygens (including phenoxy) is 1. The number of rotatable bonds is 5. The molecule has 0 aliphatic carbocycles. The molecule has 0 saturated heterocycles. The maximum absolute atomic E-state index is 13.1. The number of urea groups is 1. The Morgan fingerprint density at radius 1 is 1.21 bits per heavy atom. The number of anilines is 2. The molecule has 3 aromatic rings. The summed E-state index contributed by atoms with van der Waals surface area (Å²) in [4.78, 5) is 29.9. The van der Waals surface area contributed by atoms with Crippen LogP contribution in [0.4, 0.5) is 29.3 Å². The van der Waals surface area contributed by atoms with E-state index in [4.69, 9.17) is 10.5 Å². The zero-order chi connectivity index (χ0) is 23.8. The highest BCUT2D eigenvalue weighted by molar-refractivity contribution is 6.09. The quantitative estimate of drug-likeness (QED) is 0.604. The molecule has 0 saturated carbocycles. The van der Waals surface area contributed by atoms with E-state index >= 15 is 0 Å². The first-order chi connectivity index (χ1) is 15.7. The van der Waals surface area contributed by atoms with Gasteiger partial charge in [-0.05, 0) is 18.2 Å². The number of hydrogen-bond donors (Lipinski definition) is 2. The number of alkyl halides is 3. The van der Waals surface area contributed by atoms with Gasteiger partial charge in [0.15, 0.2) is 12.4 Å². The lowest BCUT2D eigenvalue weighted by atomic mass is 10.0. The molecule has 0 spiro atoms. The number of primary amides is 1. The molecule has 2 amide bonds. The van der Waals surface area contributed by atoms with Crippen LogP contribution in [-0.2, 0) is 13.6 Å². The number of amides is 2. The molecule has 8 nitrogen and oxygen atoms in total. The largest absolute Gasteiger partial charge is 0.482 e. The van der Waals surface area contributed by atoms with Gasteiger partial charge in [-0.3, -0.25) is 9.78 Å². The van der Waals surface area contributed by atoms with E-state index in [1.165, 1.54) is 23.4 Å². The first-order valence-electron chi connectivity index (χ1n) is 9.91. The van der Waals surface area contributed by atoms with Crippen molar-refractivity contribution in [3.63, 3.8) is 0 Å². The normalized spacial score (nSPS) is 13.6. The first kappa shape index (κ1) is 22.2. The number of nitrogens with one attached hydrogen (secondary N) is 1. The molecule has 33 heavy (non-hydrogen) atoms. The van der Waals surface area contributed by atoms with Gasteiger partial charge in [-0.2, -0.15) is 13.2 Å². The molecule has 1 aliphatic rings. The number of carbonyl (C=O) groups is 2. The van der Waals surface area contributed by atoms with E-state index in [1.807, 2.05) is 6.07 Å². The van der Waals surface area contributed by atoms with Gasteiger partial charge in [0.1, 0.15) is 5.75 Å². The highest BCUT2D eigenvalue weighted by atomic mass is 19.4. The number of para-hydroxylation sites is 1. The highest BCUT2D eigenvalue weighted by Crippen LogP contribution is 2.43. The van der Waals surface area contributed by atoms with Crippen molar-refractivity contribution < 1.29 is 27.5 Å². The van der Waals surface area contributed by atoms with Crippen molar-refractivity contribution in [1.82, 2.24) is 14.5 Å². The van der Waals surface area contributed by atoms with Gasteiger partial charge >= 0.3 is 12.2 Å². The molecule has 3 N–H and O–H groups in total. The van der Waals surface area contributed by atoms with Gasteiger partial charge in [0, 0.05) is 24.5 Å². The second-order valence-corrected chi connectivity index (χ2v) is 7.49. The number of pyridine rings is 1. The molecule has 0 bridgehead atoms. The Morgan fingerprint density at radius 3 is 2.61 bits per heavy atom. The van der Waals surface area contributed by atoms with Gasteiger partial charge in [-0.1, -0.05) is 18.2 Å². The van der Waals surface area contributed by atoms with Crippen LogP contribution in [0, 0.1) is 0 Å². The molecule has 0 radical (unpaired) electrons. The van der Waals surface area contributed by atoms with Gasteiger partial charge in [0.25, 0.3) is 0 Å². The Balaban J connectivity index is 1.89. The minimum Gasteiger partial charge on any atom is -0.482 e. The maximum Gasteiger partial charge on any atom is 0.422 e. The minimum atomic E-state index is -4.54. The number of Topliss-reactive ketones (excluding diaryl/α,β-unsaturated/α-hetero) is 1. The third-order valence-electron chi connectivity index (χ3n) is 5.26. The maximum atomic E-state index is 13.1. The summed E-state index contributed by atoms with van der Waals surface area (Å²) in [5, 5.41) is 3.22. The molecule has 3 heterocycles. The van der Waals surface area contributed by atoms with Crippen molar-refractivity contribution in [3.8, 4) is 17.0 Å². The SMILES string of the molecule is Cn1c2c(c(Nc3ccccc3)c1-c1ccncc1OCC(F)(F)F)C(=O)CN(C(N)=O)C2. The predicted octanol–water partition coefficient (Wildman–Crippen LogP) is 3.85. The Labute approximate surface area is 186 Å². The van der Waals surface area contributed by atoms with Crippen molar-refractivity contribution in [3.05, 3.63) is 60.0 Å². The topological polar surface area (TPSA) is 102 Å². The molecular weight excluding hydrogens is 439 g/mol. The summed E-state index contributed by atoms with van der Waals surface area (Å²) in [6, 6.07) is 9.79. The molecule has 1 aromatic carbocycles. The van der Waals surface area contributed by atoms with Crippen molar-refractivity contribution in [2.75, 3.05) is 18.5 Å². The Morgan fingerprint density at radius 2 is 1.94 bits per heavy atom. The van der Waals surface area contributed by atoms with Crippen LogP contribution in [0.2, 0.25) is 0 Å². The van der Waals surface area contributed by atoms with Crippen molar-refractivity contribution in [2.45, 2.75) is 12.7 Å². The molecule has 0 fully saturated rings. The van der Waals surface area contributed by atoms with Crippen LogP contribution < -0.4 is 15.8 Å². The van der Waals surface area contributed by atoms with Gasteiger partial charge in [-0.15, -0.1) is 0 Å². The monoisotopic (exact) mass is 459 g/mol. The summed E-state index contributed by atoms with van der Waals surface area (Å²) in [6.07, 6.45) is -1.92. The molecule has 4 rings (SSSR count). The Kier molecular flexibility index (Phi) is 5.71. The minimum absolute atomic E-state index is 0.0696. The molecule has 1 aliphatic heterocycles. The van der Waals surface area contributed by atoms with Crippen LogP contribution >= 0.6 is 0 Å². The van der Waals surface area contributed by atoms with E-state index in [2.05, 4.69) is 10.3 Å². The number of aromatic nitrogens is 2. The standard InChI is InChI=1S/C22H20F3N5O3/c1-29-15-10-30(21(26)32)11-16(31)18(15)19(28-13-5-3-2-4-6-13)20(29)14-7-8-27-9-17(14)33-12-22(23,24)25/h2-9,28H,10-12H2,1H3,(H2,26,32). The van der Waals surface area contributed by atoms with Gasteiger partial charge in [0.2, 0.25) is 0 Å². The predicted molar refractivity (Wildman–Crippen MR) is 114 cm³/mol. The number of carbonyl (C=O) groups excluding carboxylic acids is 2. The van der Waals surface area contributed by atoms with Gasteiger partial charge < -0.3 is 25.3 Å². The zero-order valence-electron chi connectivity index (χ0n) is 17.5. The number of ketones is 1. The second-order valence-electron chi connectivity index (χ2n) is 7.49. The summed E-state index contributed by atoms with van der Waals surface area (Å²) in [5.41, 5.74) is 8.03. The molecule has 2 aromatic heterocycles. The lowest BCUT2D eigenvalue weighted by Crippen LogP contribution is -2.42. The average Bonchev–Trinajstić information content (AvgIpc) is 3.04. The fourth-order valence-corrected chi connectivity index (χ4v) is 3.82. The lowest BCUT2D eigenvalue weighted by molar-refractivity contribution is -0.153. The van der Waals surface area contributed by atoms with E-state index in [0.29, 0.717) is 33.9 Å². The summed E-state index contributed by atoms with van der Waals surface area (Å²) < 4.78 is 45.2. The van der Waals surface area contributed by atoms with E-state index in [9.17, 15) is 22.8 Å². The van der Waals surface area contributed by atoms with Crippen LogP contribution in [0.1, 0.15) is 16.1 Å². The molecule has 172 valence electrons. The lowest BCUT2D eigenvalue weighted by Gasteiger charge is -2.25. The van der Waals surface area contributed by atoms with Crippen LogP contribution in [-0.4, -0.2) is 45.6 Å². The highest BCUT2D eigenvalue weighted by Gasteiger charge is 2.35. The molecule has 0 unspecified atom stereocenters. The number of nitrogens with zero attached hydrogens (tertiary/aromatic N) is 3. The third-order valence-corrected chi connectivity index (χ3v) is 5.26. The number of nitrogens with two attached hydrogens (primary N) is 1. The first-order valence-corrected chi connectivity index (χ1v) is 9.91. The van der Waals surface area contributed by atoms with Crippen molar-refractivity contribution in [2.24, 2.45) is 12.8 Å². The fourth-order valence-electron chi connectivity index (χ4n) is 3.82. The van der Waals surface area contributed by atoms with Gasteiger partial charge in [0.05, 0.1) is 41.9 Å². The molecular formula is C22H20F3N5O3. The van der Waals surface area contributed by atoms with Crippen LogP contribution in [0.25, 0.3) is 11.3 Å². The van der Waals surface area contributed by atoms with Crippen LogP contribution in [0.15, 0.2) is 48.8 Å². The van der Waals surface area contributed by atoms with E-state index in [1.54, 1.807) is 35.9 Å². The number of benzene rings is 1. The van der Waals surface area contributed by atoms with Crippen LogP contribution in [0.5, 0.6) is 5.75 Å². The molecule has 11 heteroatoms. The fraction of sp³-hybridized carbons (Fsp3) is 0.227. The average molecular weight is 459 g/mol. The number of halogens is 3. The smallest absolute Gasteiger partial charge is 0.422 e. The number of hydrogen-bond acceptors (Lipinski definition) is 5. The Hall–Kier alpha value is -4.02. The van der Waals surface area contributed by atoms with E-state index in [0.717, 1.165) is 0 Å². The summed E-state index contributed by atoms with van der Waals surface area (Å²) in [6.45, 7) is -1.63. The summed E-state index contributed by atoms with van der Waals surface area (Å²) in [5.74, 6) is -0.440. The van der Waals surface area contributed by atoms with Crippen LogP contribution in [0.3, 0.4) is 0 Å². The van der Waals surface area contributed by atoms with Crippen molar-refractivity contribution >= 4 is 23.2 Å². The van der Waals surface area contributed by atoms with E-state index in [-0.39, 0.29) is 24.6 Å². The molecule has 0 atom stereocenters. The van der Waals surface area contributed by atoms with Crippen molar-refractivity contribution in [1.29, 1.82) is 0 Å². The summed E-state index contributed by atoms with van der Waals surface area (Å²) >= 11 is 0. The zero-order valence-corrected chi connectivity index (χ0v) is 17.5. The van der Waals surface area contributed by atoms with Gasteiger partial charge in [-0.25, -0.2) is 4.79 Å². The second kappa shape index (κ2) is 8.49. The van der Waals surface area contributed by atoms with E-state index < -0.39 is 18.8 Å². The Bertz CT molecular complexity index is 1210. The summed E-state index contributed by atoms with van der Waals surface area (Å²) in [7, 11) is 1.66. The third kappa shape index (κ3) is 4.47.